The Morgan fingerprint density at radius 1 is 0.938 bits per heavy atom. The number of rotatable bonds is 6. The Labute approximate surface area is 191 Å². The van der Waals surface area contributed by atoms with Crippen LogP contribution in [0.4, 0.5) is 0 Å². The lowest BCUT2D eigenvalue weighted by Crippen LogP contribution is -2.33. The van der Waals surface area contributed by atoms with E-state index in [1.165, 1.54) is 35.3 Å². The van der Waals surface area contributed by atoms with Crippen molar-refractivity contribution in [2.75, 3.05) is 0 Å². The molecule has 4 rings (SSSR count). The van der Waals surface area contributed by atoms with E-state index < -0.39 is 5.91 Å². The van der Waals surface area contributed by atoms with E-state index in [2.05, 4.69) is 34.0 Å². The molecule has 2 aromatic carbocycles. The van der Waals surface area contributed by atoms with E-state index in [9.17, 15) is 9.59 Å². The number of amides is 2. The minimum atomic E-state index is -0.472. The van der Waals surface area contributed by atoms with Crippen molar-refractivity contribution in [2.45, 2.75) is 32.6 Å². The SMILES string of the molecule is CC(=NNC(=O)C(=Cc1cccs1)NC(=O)c1ccccc1)c1ccc2c(c1)CCCC2. The molecule has 2 N–H and O–H groups in total. The molecule has 0 unspecified atom stereocenters. The summed E-state index contributed by atoms with van der Waals surface area (Å²) in [6, 6.07) is 19.0. The van der Waals surface area contributed by atoms with Crippen molar-refractivity contribution < 1.29 is 9.59 Å². The molecule has 6 heteroatoms. The molecule has 5 nitrogen and oxygen atoms in total. The number of aryl methyl sites for hydroxylation is 2. The largest absolute Gasteiger partial charge is 0.317 e. The fraction of sp³-hybridized carbons (Fsp3) is 0.192. The molecule has 2 amide bonds. The Kier molecular flexibility index (Phi) is 6.92. The first kappa shape index (κ1) is 21.7. The fourth-order valence-corrected chi connectivity index (χ4v) is 4.33. The lowest BCUT2D eigenvalue weighted by molar-refractivity contribution is -0.117. The van der Waals surface area contributed by atoms with Crippen molar-refractivity contribution in [1.29, 1.82) is 0 Å². The molecule has 0 saturated carbocycles. The monoisotopic (exact) mass is 443 g/mol. The van der Waals surface area contributed by atoms with Crippen LogP contribution in [0, 0.1) is 0 Å². The van der Waals surface area contributed by atoms with E-state index in [0.29, 0.717) is 5.56 Å². The van der Waals surface area contributed by atoms with Gasteiger partial charge in [-0.3, -0.25) is 9.59 Å². The first-order valence-corrected chi connectivity index (χ1v) is 11.6. The molecule has 162 valence electrons. The number of carbonyl (C=O) groups is 2. The number of nitrogens with zero attached hydrogens (tertiary/aromatic N) is 1. The van der Waals surface area contributed by atoms with Gasteiger partial charge in [-0.15, -0.1) is 11.3 Å². The summed E-state index contributed by atoms with van der Waals surface area (Å²) < 4.78 is 0. The lowest BCUT2D eigenvalue weighted by atomic mass is 9.90. The lowest BCUT2D eigenvalue weighted by Gasteiger charge is -2.16. The maximum Gasteiger partial charge on any atom is 0.287 e. The predicted octanol–water partition coefficient (Wildman–Crippen LogP) is 4.94. The molecule has 32 heavy (non-hydrogen) atoms. The third-order valence-corrected chi connectivity index (χ3v) is 6.27. The molecule has 0 bridgehead atoms. The van der Waals surface area contributed by atoms with E-state index >= 15 is 0 Å². The molecule has 0 fully saturated rings. The minimum absolute atomic E-state index is 0.142. The van der Waals surface area contributed by atoms with Crippen LogP contribution in [0.25, 0.3) is 6.08 Å². The van der Waals surface area contributed by atoms with Gasteiger partial charge in [0, 0.05) is 10.4 Å². The molecule has 3 aromatic rings. The molecule has 0 atom stereocenters. The quantitative estimate of drug-likeness (QED) is 0.322. The highest BCUT2D eigenvalue weighted by molar-refractivity contribution is 7.10. The standard InChI is InChI=1S/C26H25N3O2S/c1-18(21-14-13-19-8-5-6-11-22(19)16-21)28-29-26(31)24(17-23-12-7-15-32-23)27-25(30)20-9-3-2-4-10-20/h2-4,7,9-10,12-17H,5-6,8,11H2,1H3,(H,27,30)(H,29,31). The van der Waals surface area contributed by atoms with Crippen molar-refractivity contribution in [2.24, 2.45) is 5.10 Å². The summed E-state index contributed by atoms with van der Waals surface area (Å²) in [5.41, 5.74) is 7.70. The van der Waals surface area contributed by atoms with Gasteiger partial charge in [0.1, 0.15) is 5.70 Å². The second-order valence-corrected chi connectivity index (χ2v) is 8.70. The second kappa shape index (κ2) is 10.2. The summed E-state index contributed by atoms with van der Waals surface area (Å²) in [5, 5.41) is 8.94. The van der Waals surface area contributed by atoms with Gasteiger partial charge in [0.15, 0.2) is 0 Å². The van der Waals surface area contributed by atoms with Gasteiger partial charge in [0.25, 0.3) is 11.8 Å². The van der Waals surface area contributed by atoms with Crippen LogP contribution in [-0.2, 0) is 17.6 Å². The summed E-state index contributed by atoms with van der Waals surface area (Å²) in [6.07, 6.45) is 6.32. The number of benzene rings is 2. The van der Waals surface area contributed by atoms with Crippen molar-refractivity contribution in [3.05, 3.63) is 98.9 Å². The normalized spacial score (nSPS) is 13.9. The maximum atomic E-state index is 12.9. The summed E-state index contributed by atoms with van der Waals surface area (Å²) in [7, 11) is 0. The van der Waals surface area contributed by atoms with Crippen LogP contribution in [0.2, 0.25) is 0 Å². The van der Waals surface area contributed by atoms with Gasteiger partial charge in [0.2, 0.25) is 0 Å². The smallest absolute Gasteiger partial charge is 0.287 e. The number of fused-ring (bicyclic) bond motifs is 1. The van der Waals surface area contributed by atoms with Crippen LogP contribution in [0.5, 0.6) is 0 Å². The summed E-state index contributed by atoms with van der Waals surface area (Å²) in [6.45, 7) is 1.87. The number of nitrogens with one attached hydrogen (secondary N) is 2. The van der Waals surface area contributed by atoms with Gasteiger partial charge in [-0.1, -0.05) is 36.4 Å². The molecule has 1 aliphatic carbocycles. The van der Waals surface area contributed by atoms with Crippen molar-refractivity contribution >= 4 is 34.9 Å². The van der Waals surface area contributed by atoms with Crippen LogP contribution < -0.4 is 10.7 Å². The number of thiophene rings is 1. The predicted molar refractivity (Wildman–Crippen MR) is 130 cm³/mol. The number of hydrazone groups is 1. The maximum absolute atomic E-state index is 12.9. The highest BCUT2D eigenvalue weighted by Gasteiger charge is 2.15. The fourth-order valence-electron chi connectivity index (χ4n) is 3.68. The number of hydrogen-bond donors (Lipinski definition) is 2. The van der Waals surface area contributed by atoms with Gasteiger partial charge in [0.05, 0.1) is 5.71 Å². The zero-order valence-corrected chi connectivity index (χ0v) is 18.7. The Morgan fingerprint density at radius 3 is 2.47 bits per heavy atom. The second-order valence-electron chi connectivity index (χ2n) is 7.72. The molecule has 0 aliphatic heterocycles. The number of hydrogen-bond acceptors (Lipinski definition) is 4. The summed E-state index contributed by atoms with van der Waals surface area (Å²) in [4.78, 5) is 26.4. The third-order valence-electron chi connectivity index (χ3n) is 5.45. The van der Waals surface area contributed by atoms with Crippen LogP contribution in [0.1, 0.15) is 51.7 Å². The van der Waals surface area contributed by atoms with Gasteiger partial charge in [-0.2, -0.15) is 5.10 Å². The topological polar surface area (TPSA) is 70.6 Å². The molecule has 1 heterocycles. The first-order valence-electron chi connectivity index (χ1n) is 10.7. The van der Waals surface area contributed by atoms with Crippen molar-refractivity contribution in [1.82, 2.24) is 10.7 Å². The Morgan fingerprint density at radius 2 is 1.72 bits per heavy atom. The zero-order valence-electron chi connectivity index (χ0n) is 17.9. The minimum Gasteiger partial charge on any atom is -0.317 e. The van der Waals surface area contributed by atoms with Crippen LogP contribution in [0.3, 0.4) is 0 Å². The average molecular weight is 444 g/mol. The zero-order chi connectivity index (χ0) is 22.3. The molecule has 1 aromatic heterocycles. The first-order chi connectivity index (χ1) is 15.6. The molecular formula is C26H25N3O2S. The molecule has 0 radical (unpaired) electrons. The summed E-state index contributed by atoms with van der Waals surface area (Å²) in [5.74, 6) is -0.820. The summed E-state index contributed by atoms with van der Waals surface area (Å²) >= 11 is 1.48. The van der Waals surface area contributed by atoms with Gasteiger partial charge >= 0.3 is 0 Å². The van der Waals surface area contributed by atoms with E-state index in [-0.39, 0.29) is 11.6 Å². The van der Waals surface area contributed by atoms with Crippen LogP contribution in [-0.4, -0.2) is 17.5 Å². The molecular weight excluding hydrogens is 418 g/mol. The molecule has 0 spiro atoms. The highest BCUT2D eigenvalue weighted by Crippen LogP contribution is 2.22. The van der Waals surface area contributed by atoms with Gasteiger partial charge in [-0.05, 0) is 85.0 Å². The van der Waals surface area contributed by atoms with Crippen molar-refractivity contribution in [3.63, 3.8) is 0 Å². The van der Waals surface area contributed by atoms with Gasteiger partial charge < -0.3 is 5.32 Å². The van der Waals surface area contributed by atoms with E-state index in [1.807, 2.05) is 30.5 Å². The van der Waals surface area contributed by atoms with E-state index in [1.54, 1.807) is 30.3 Å². The van der Waals surface area contributed by atoms with E-state index in [4.69, 9.17) is 0 Å². The Bertz CT molecular complexity index is 1170. The van der Waals surface area contributed by atoms with Gasteiger partial charge in [-0.25, -0.2) is 5.43 Å². The number of carbonyl (C=O) groups excluding carboxylic acids is 2. The molecule has 1 aliphatic rings. The van der Waals surface area contributed by atoms with Crippen LogP contribution in [0.15, 0.2) is 76.8 Å². The van der Waals surface area contributed by atoms with E-state index in [0.717, 1.165) is 29.0 Å². The average Bonchev–Trinajstić information content (AvgIpc) is 3.35. The Hall–Kier alpha value is -3.51. The third kappa shape index (κ3) is 5.39. The van der Waals surface area contributed by atoms with Crippen molar-refractivity contribution in [3.8, 4) is 0 Å². The molecule has 0 saturated heterocycles. The highest BCUT2D eigenvalue weighted by atomic mass is 32.1. The Balaban J connectivity index is 1.51. The van der Waals surface area contributed by atoms with Crippen LogP contribution >= 0.6 is 11.3 Å².